The summed E-state index contributed by atoms with van der Waals surface area (Å²) < 4.78 is 32.2. The molecule has 1 fully saturated rings. The van der Waals surface area contributed by atoms with Gasteiger partial charge in [-0.2, -0.15) is 0 Å². The highest BCUT2D eigenvalue weighted by molar-refractivity contribution is 7.92. The fourth-order valence-corrected chi connectivity index (χ4v) is 5.49. The molecule has 1 heterocycles. The summed E-state index contributed by atoms with van der Waals surface area (Å²) in [7, 11) is -3.63. The number of ether oxygens (including phenoxy) is 1. The van der Waals surface area contributed by atoms with Crippen molar-refractivity contribution in [1.82, 2.24) is 5.32 Å². The summed E-state index contributed by atoms with van der Waals surface area (Å²) in [4.78, 5) is 12.9. The summed E-state index contributed by atoms with van der Waals surface area (Å²) >= 11 is 0. The van der Waals surface area contributed by atoms with Gasteiger partial charge in [-0.3, -0.25) is 10.1 Å². The number of aryl methyl sites for hydroxylation is 1. The van der Waals surface area contributed by atoms with Crippen LogP contribution < -0.4 is 5.32 Å². The van der Waals surface area contributed by atoms with Gasteiger partial charge in [0.1, 0.15) is 11.6 Å². The first kappa shape index (κ1) is 20.6. The van der Waals surface area contributed by atoms with Crippen LogP contribution in [0.15, 0.2) is 59.5 Å². The largest absolute Gasteiger partial charge is 0.459 e. The lowest BCUT2D eigenvalue weighted by Crippen LogP contribution is -2.38. The highest BCUT2D eigenvalue weighted by atomic mass is 32.2. The van der Waals surface area contributed by atoms with Gasteiger partial charge in [0, 0.05) is 0 Å². The quantitative estimate of drug-likeness (QED) is 0.793. The van der Waals surface area contributed by atoms with Gasteiger partial charge in [-0.05, 0) is 51.8 Å². The van der Waals surface area contributed by atoms with Crippen molar-refractivity contribution in [3.8, 4) is 0 Å². The topological polar surface area (TPSA) is 72.5 Å². The van der Waals surface area contributed by atoms with E-state index < -0.39 is 38.7 Å². The first-order valence-corrected chi connectivity index (χ1v) is 11.0. The molecular weight excluding hydrogens is 374 g/mol. The maximum atomic E-state index is 13.4. The Hall–Kier alpha value is -2.18. The second-order valence-corrected chi connectivity index (χ2v) is 10.4. The Labute approximate surface area is 167 Å². The highest BCUT2D eigenvalue weighted by Gasteiger charge is 2.46. The van der Waals surface area contributed by atoms with Gasteiger partial charge in [-0.25, -0.2) is 8.42 Å². The van der Waals surface area contributed by atoms with Crippen molar-refractivity contribution in [2.24, 2.45) is 0 Å². The SMILES string of the molecule is Cc1cccc(C2N[C@H](C(=O)OC(C)(C)C)CC2S(=O)(=O)c2ccccc2)c1. The Morgan fingerprint density at radius 2 is 1.75 bits per heavy atom. The Bertz CT molecular complexity index is 948. The molecule has 0 spiro atoms. The molecule has 2 unspecified atom stereocenters. The number of hydrogen-bond donors (Lipinski definition) is 1. The van der Waals surface area contributed by atoms with Crippen LogP contribution in [0, 0.1) is 6.92 Å². The monoisotopic (exact) mass is 401 g/mol. The van der Waals surface area contributed by atoms with E-state index in [1.54, 1.807) is 51.1 Å². The summed E-state index contributed by atoms with van der Waals surface area (Å²) in [5, 5.41) is 2.47. The number of carbonyl (C=O) groups is 1. The van der Waals surface area contributed by atoms with Gasteiger partial charge < -0.3 is 4.74 Å². The molecule has 28 heavy (non-hydrogen) atoms. The van der Waals surface area contributed by atoms with Crippen molar-refractivity contribution in [2.75, 3.05) is 0 Å². The second-order valence-electron chi connectivity index (χ2n) is 8.28. The fourth-order valence-electron chi connectivity index (χ4n) is 3.56. The molecule has 1 N–H and O–H groups in total. The van der Waals surface area contributed by atoms with Crippen molar-refractivity contribution in [3.63, 3.8) is 0 Å². The molecule has 0 saturated carbocycles. The van der Waals surface area contributed by atoms with Crippen LogP contribution >= 0.6 is 0 Å². The first-order valence-electron chi connectivity index (χ1n) is 9.42. The molecule has 2 aromatic carbocycles. The second kappa shape index (κ2) is 7.68. The molecule has 0 aromatic heterocycles. The van der Waals surface area contributed by atoms with Crippen LogP contribution in [0.5, 0.6) is 0 Å². The number of nitrogens with one attached hydrogen (secondary N) is 1. The van der Waals surface area contributed by atoms with Crippen molar-refractivity contribution >= 4 is 15.8 Å². The Morgan fingerprint density at radius 3 is 2.36 bits per heavy atom. The summed E-state index contributed by atoms with van der Waals surface area (Å²) in [5.41, 5.74) is 1.26. The van der Waals surface area contributed by atoms with Crippen LogP contribution in [0.3, 0.4) is 0 Å². The third-order valence-electron chi connectivity index (χ3n) is 4.78. The van der Waals surface area contributed by atoms with Crippen LogP contribution in [0.2, 0.25) is 0 Å². The lowest BCUT2D eigenvalue weighted by atomic mass is 10.0. The molecule has 3 rings (SSSR count). The standard InChI is InChI=1S/C22H27NO4S/c1-15-9-8-10-16(13-15)20-19(28(25,26)17-11-6-5-7-12-17)14-18(23-20)21(24)27-22(2,3)4/h5-13,18-20,23H,14H2,1-4H3/t18-,19?,20?/m0/s1. The maximum absolute atomic E-state index is 13.4. The predicted octanol–water partition coefficient (Wildman–Crippen LogP) is 3.58. The van der Waals surface area contributed by atoms with Crippen LogP contribution in [0.1, 0.15) is 44.4 Å². The maximum Gasteiger partial charge on any atom is 0.323 e. The molecule has 0 amide bonds. The zero-order valence-corrected chi connectivity index (χ0v) is 17.5. The Morgan fingerprint density at radius 1 is 1.07 bits per heavy atom. The number of carbonyl (C=O) groups excluding carboxylic acids is 1. The van der Waals surface area contributed by atoms with Gasteiger partial charge >= 0.3 is 5.97 Å². The normalized spacial score (nSPS) is 22.8. The van der Waals surface area contributed by atoms with E-state index in [1.165, 1.54) is 0 Å². The fraction of sp³-hybridized carbons (Fsp3) is 0.409. The van der Waals surface area contributed by atoms with Gasteiger partial charge in [-0.1, -0.05) is 48.0 Å². The molecule has 6 heteroatoms. The number of benzene rings is 2. The predicted molar refractivity (Wildman–Crippen MR) is 109 cm³/mol. The molecule has 1 saturated heterocycles. The molecule has 150 valence electrons. The van der Waals surface area contributed by atoms with E-state index in [0.29, 0.717) is 0 Å². The van der Waals surface area contributed by atoms with E-state index in [9.17, 15) is 13.2 Å². The molecule has 0 aliphatic carbocycles. The molecule has 0 bridgehead atoms. The van der Waals surface area contributed by atoms with Crippen LogP contribution in [-0.4, -0.2) is 31.3 Å². The summed E-state index contributed by atoms with van der Waals surface area (Å²) in [6, 6.07) is 15.0. The minimum atomic E-state index is -3.63. The van der Waals surface area contributed by atoms with Crippen molar-refractivity contribution in [1.29, 1.82) is 0 Å². The zero-order valence-electron chi connectivity index (χ0n) is 16.7. The Kier molecular flexibility index (Phi) is 5.64. The van der Waals surface area contributed by atoms with E-state index in [0.717, 1.165) is 11.1 Å². The van der Waals surface area contributed by atoms with E-state index in [-0.39, 0.29) is 11.3 Å². The van der Waals surface area contributed by atoms with Gasteiger partial charge in [0.05, 0.1) is 16.2 Å². The van der Waals surface area contributed by atoms with Gasteiger partial charge in [0.2, 0.25) is 0 Å². The van der Waals surface area contributed by atoms with Crippen LogP contribution in [-0.2, 0) is 19.4 Å². The lowest BCUT2D eigenvalue weighted by Gasteiger charge is -2.22. The zero-order chi connectivity index (χ0) is 20.5. The molecule has 1 aliphatic heterocycles. The molecular formula is C22H27NO4S. The van der Waals surface area contributed by atoms with Crippen molar-refractivity contribution in [3.05, 3.63) is 65.7 Å². The first-order chi connectivity index (χ1) is 13.1. The van der Waals surface area contributed by atoms with Gasteiger partial charge in [0.25, 0.3) is 0 Å². The van der Waals surface area contributed by atoms with E-state index in [4.69, 9.17) is 4.74 Å². The number of hydrogen-bond acceptors (Lipinski definition) is 5. The molecule has 2 aromatic rings. The third kappa shape index (κ3) is 4.45. The average Bonchev–Trinajstić information content (AvgIpc) is 3.07. The summed E-state index contributed by atoms with van der Waals surface area (Å²) in [5.74, 6) is -0.420. The van der Waals surface area contributed by atoms with E-state index in [2.05, 4.69) is 5.32 Å². The van der Waals surface area contributed by atoms with E-state index >= 15 is 0 Å². The molecule has 1 aliphatic rings. The summed E-state index contributed by atoms with van der Waals surface area (Å²) in [6.45, 7) is 7.37. The number of sulfone groups is 1. The Balaban J connectivity index is 1.98. The number of rotatable bonds is 4. The summed E-state index contributed by atoms with van der Waals surface area (Å²) in [6.07, 6.45) is 0.171. The van der Waals surface area contributed by atoms with Gasteiger partial charge in [0.15, 0.2) is 9.84 Å². The molecule has 0 radical (unpaired) electrons. The minimum Gasteiger partial charge on any atom is -0.459 e. The lowest BCUT2D eigenvalue weighted by molar-refractivity contribution is -0.157. The molecule has 5 nitrogen and oxygen atoms in total. The van der Waals surface area contributed by atoms with Crippen LogP contribution in [0.4, 0.5) is 0 Å². The average molecular weight is 402 g/mol. The third-order valence-corrected chi connectivity index (χ3v) is 6.97. The van der Waals surface area contributed by atoms with Crippen LogP contribution in [0.25, 0.3) is 0 Å². The van der Waals surface area contributed by atoms with Gasteiger partial charge in [-0.15, -0.1) is 0 Å². The van der Waals surface area contributed by atoms with Crippen molar-refractivity contribution in [2.45, 2.75) is 61.9 Å². The van der Waals surface area contributed by atoms with Crippen molar-refractivity contribution < 1.29 is 17.9 Å². The highest BCUT2D eigenvalue weighted by Crippen LogP contribution is 2.36. The molecule has 3 atom stereocenters. The smallest absolute Gasteiger partial charge is 0.323 e. The minimum absolute atomic E-state index is 0.171. The number of esters is 1. The van der Waals surface area contributed by atoms with E-state index in [1.807, 2.05) is 31.2 Å².